The highest BCUT2D eigenvalue weighted by Gasteiger charge is 2.07. The van der Waals surface area contributed by atoms with Gasteiger partial charge in [0.2, 0.25) is 0 Å². The lowest BCUT2D eigenvalue weighted by molar-refractivity contribution is 0.816. The molecular formula is C17H18N2S. The van der Waals surface area contributed by atoms with Crippen molar-refractivity contribution in [2.75, 3.05) is 7.05 Å². The summed E-state index contributed by atoms with van der Waals surface area (Å²) in [5.74, 6) is 0. The Bertz CT molecular complexity index is 657. The lowest BCUT2D eigenvalue weighted by Gasteiger charge is -2.09. The van der Waals surface area contributed by atoms with E-state index in [0.29, 0.717) is 0 Å². The molecule has 2 nitrogen and oxygen atoms in total. The summed E-state index contributed by atoms with van der Waals surface area (Å²) in [6.45, 7) is 4.97. The Labute approximate surface area is 124 Å². The van der Waals surface area contributed by atoms with Gasteiger partial charge in [-0.05, 0) is 55.8 Å². The summed E-state index contributed by atoms with van der Waals surface area (Å²) in [6.07, 6.45) is 0. The number of nitrogens with zero attached hydrogens (tertiary/aromatic N) is 1. The Morgan fingerprint density at radius 2 is 1.90 bits per heavy atom. The second-order valence-electron chi connectivity index (χ2n) is 4.84. The van der Waals surface area contributed by atoms with Gasteiger partial charge in [-0.2, -0.15) is 5.26 Å². The normalized spacial score (nSPS) is 10.3. The number of rotatable bonds is 4. The number of aryl methyl sites for hydroxylation is 2. The van der Waals surface area contributed by atoms with Crippen LogP contribution in [-0.4, -0.2) is 7.05 Å². The maximum absolute atomic E-state index is 9.33. The van der Waals surface area contributed by atoms with Gasteiger partial charge in [0.25, 0.3) is 0 Å². The van der Waals surface area contributed by atoms with E-state index in [1.165, 1.54) is 16.0 Å². The summed E-state index contributed by atoms with van der Waals surface area (Å²) in [5, 5.41) is 12.4. The molecule has 0 fully saturated rings. The fraction of sp³-hybridized carbons (Fsp3) is 0.235. The third-order valence-corrected chi connectivity index (χ3v) is 4.34. The first kappa shape index (κ1) is 14.6. The molecule has 20 heavy (non-hydrogen) atoms. The number of nitriles is 1. The molecule has 0 aliphatic carbocycles. The Balaban J connectivity index is 2.34. The molecule has 0 aliphatic heterocycles. The van der Waals surface area contributed by atoms with Gasteiger partial charge in [-0.3, -0.25) is 0 Å². The first-order valence-corrected chi connectivity index (χ1v) is 7.38. The SMILES string of the molecule is CNCc1ccc(Sc2cc(C)ccc2C)c(C#N)c1. The van der Waals surface area contributed by atoms with Crippen LogP contribution in [0.15, 0.2) is 46.2 Å². The third kappa shape index (κ3) is 3.41. The molecule has 2 aromatic rings. The van der Waals surface area contributed by atoms with Crippen LogP contribution in [0.3, 0.4) is 0 Å². The van der Waals surface area contributed by atoms with Gasteiger partial charge < -0.3 is 5.32 Å². The molecule has 0 saturated heterocycles. The molecule has 102 valence electrons. The van der Waals surface area contributed by atoms with Crippen molar-refractivity contribution < 1.29 is 0 Å². The van der Waals surface area contributed by atoms with Crippen LogP contribution in [-0.2, 0) is 6.54 Å². The monoisotopic (exact) mass is 282 g/mol. The molecule has 0 aliphatic rings. The van der Waals surface area contributed by atoms with Crippen LogP contribution in [0.4, 0.5) is 0 Å². The van der Waals surface area contributed by atoms with Gasteiger partial charge in [-0.15, -0.1) is 0 Å². The molecule has 1 N–H and O–H groups in total. The fourth-order valence-electron chi connectivity index (χ4n) is 2.00. The zero-order chi connectivity index (χ0) is 14.5. The molecule has 2 rings (SSSR count). The molecule has 3 heteroatoms. The molecule has 2 aromatic carbocycles. The average Bonchev–Trinajstić information content (AvgIpc) is 2.44. The number of nitrogens with one attached hydrogen (secondary N) is 1. The summed E-state index contributed by atoms with van der Waals surface area (Å²) >= 11 is 1.66. The van der Waals surface area contributed by atoms with Crippen molar-refractivity contribution in [3.05, 3.63) is 58.7 Å². The van der Waals surface area contributed by atoms with E-state index in [-0.39, 0.29) is 0 Å². The average molecular weight is 282 g/mol. The van der Waals surface area contributed by atoms with Crippen LogP contribution in [0.1, 0.15) is 22.3 Å². The first-order chi connectivity index (χ1) is 9.63. The van der Waals surface area contributed by atoms with Gasteiger partial charge in [-0.1, -0.05) is 30.0 Å². The highest BCUT2D eigenvalue weighted by atomic mass is 32.2. The van der Waals surface area contributed by atoms with Crippen molar-refractivity contribution in [2.24, 2.45) is 0 Å². The standard InChI is InChI=1S/C17H18N2S/c1-12-4-5-13(2)17(8-12)20-16-7-6-14(11-19-3)9-15(16)10-18/h4-9,19H,11H2,1-3H3. The highest BCUT2D eigenvalue weighted by molar-refractivity contribution is 7.99. The smallest absolute Gasteiger partial charge is 0.100 e. The predicted molar refractivity (Wildman–Crippen MR) is 84.0 cm³/mol. The molecule has 0 radical (unpaired) electrons. The summed E-state index contributed by atoms with van der Waals surface area (Å²) in [5.41, 5.74) is 4.35. The first-order valence-electron chi connectivity index (χ1n) is 6.57. The lowest BCUT2D eigenvalue weighted by Crippen LogP contribution is -2.05. The van der Waals surface area contributed by atoms with Crippen LogP contribution in [0.2, 0.25) is 0 Å². The van der Waals surface area contributed by atoms with E-state index < -0.39 is 0 Å². The Morgan fingerprint density at radius 1 is 1.10 bits per heavy atom. The lowest BCUT2D eigenvalue weighted by atomic mass is 10.1. The van der Waals surface area contributed by atoms with Crippen LogP contribution >= 0.6 is 11.8 Å². The largest absolute Gasteiger partial charge is 0.316 e. The minimum Gasteiger partial charge on any atom is -0.316 e. The van der Waals surface area contributed by atoms with Gasteiger partial charge in [0, 0.05) is 16.3 Å². The number of hydrogen-bond acceptors (Lipinski definition) is 3. The third-order valence-electron chi connectivity index (χ3n) is 3.11. The molecule has 0 aromatic heterocycles. The molecule has 0 unspecified atom stereocenters. The van der Waals surface area contributed by atoms with Crippen molar-refractivity contribution >= 4 is 11.8 Å². The minimum atomic E-state index is 0.739. The van der Waals surface area contributed by atoms with Crippen LogP contribution in [0.5, 0.6) is 0 Å². The van der Waals surface area contributed by atoms with Crippen molar-refractivity contribution in [1.82, 2.24) is 5.32 Å². The maximum Gasteiger partial charge on any atom is 0.100 e. The van der Waals surface area contributed by atoms with E-state index in [4.69, 9.17) is 0 Å². The summed E-state index contributed by atoms with van der Waals surface area (Å²) < 4.78 is 0. The van der Waals surface area contributed by atoms with E-state index >= 15 is 0 Å². The molecular weight excluding hydrogens is 264 g/mol. The van der Waals surface area contributed by atoms with Crippen LogP contribution in [0.25, 0.3) is 0 Å². The molecule has 0 heterocycles. The molecule has 0 amide bonds. The molecule has 0 bridgehead atoms. The van der Waals surface area contributed by atoms with E-state index in [1.807, 2.05) is 19.2 Å². The fourth-order valence-corrected chi connectivity index (χ4v) is 3.06. The van der Waals surface area contributed by atoms with Crippen molar-refractivity contribution in [1.29, 1.82) is 5.26 Å². The molecule has 0 spiro atoms. The van der Waals surface area contributed by atoms with Crippen molar-refractivity contribution in [2.45, 2.75) is 30.2 Å². The van der Waals surface area contributed by atoms with Crippen molar-refractivity contribution in [3.63, 3.8) is 0 Å². The Kier molecular flexibility index (Phi) is 4.84. The van der Waals surface area contributed by atoms with Gasteiger partial charge in [0.1, 0.15) is 6.07 Å². The van der Waals surface area contributed by atoms with E-state index in [0.717, 1.165) is 22.6 Å². The molecule has 0 atom stereocenters. The zero-order valence-electron chi connectivity index (χ0n) is 12.0. The Hall–Kier alpha value is -1.76. The summed E-state index contributed by atoms with van der Waals surface area (Å²) in [7, 11) is 1.91. The van der Waals surface area contributed by atoms with Gasteiger partial charge in [0.15, 0.2) is 0 Å². The van der Waals surface area contributed by atoms with E-state index in [2.05, 4.69) is 49.5 Å². The number of benzene rings is 2. The predicted octanol–water partition coefficient (Wildman–Crippen LogP) is 4.05. The Morgan fingerprint density at radius 3 is 2.60 bits per heavy atom. The zero-order valence-corrected chi connectivity index (χ0v) is 12.8. The topological polar surface area (TPSA) is 35.8 Å². The second-order valence-corrected chi connectivity index (χ2v) is 5.93. The summed E-state index contributed by atoms with van der Waals surface area (Å²) in [6, 6.07) is 14.8. The van der Waals surface area contributed by atoms with E-state index in [1.54, 1.807) is 11.8 Å². The number of hydrogen-bond donors (Lipinski definition) is 1. The quantitative estimate of drug-likeness (QED) is 0.919. The molecule has 0 saturated carbocycles. The van der Waals surface area contributed by atoms with Gasteiger partial charge in [-0.25, -0.2) is 0 Å². The summed E-state index contributed by atoms with van der Waals surface area (Å²) in [4.78, 5) is 2.23. The van der Waals surface area contributed by atoms with E-state index in [9.17, 15) is 5.26 Å². The van der Waals surface area contributed by atoms with Crippen LogP contribution in [0, 0.1) is 25.2 Å². The maximum atomic E-state index is 9.33. The van der Waals surface area contributed by atoms with Gasteiger partial charge in [0.05, 0.1) is 5.56 Å². The van der Waals surface area contributed by atoms with Gasteiger partial charge >= 0.3 is 0 Å². The minimum absolute atomic E-state index is 0.739. The van der Waals surface area contributed by atoms with Crippen LogP contribution < -0.4 is 5.32 Å². The van der Waals surface area contributed by atoms with Crippen molar-refractivity contribution in [3.8, 4) is 6.07 Å². The highest BCUT2D eigenvalue weighted by Crippen LogP contribution is 2.33. The second kappa shape index (κ2) is 6.60.